The average Bonchev–Trinajstić information content (AvgIpc) is 3.46. The lowest BCUT2D eigenvalue weighted by atomic mass is 10.0. The molecule has 1 saturated heterocycles. The molecule has 3 aromatic rings. The van der Waals surface area contributed by atoms with Crippen LogP contribution in [0, 0.1) is 0 Å². The van der Waals surface area contributed by atoms with Crippen molar-refractivity contribution in [1.29, 1.82) is 0 Å². The Morgan fingerprint density at radius 3 is 2.76 bits per heavy atom. The second kappa shape index (κ2) is 9.07. The summed E-state index contributed by atoms with van der Waals surface area (Å²) in [4.78, 5) is 29.1. The molecule has 1 aromatic carbocycles. The number of nitrogens with zero attached hydrogens (tertiary/aromatic N) is 4. The van der Waals surface area contributed by atoms with Gasteiger partial charge in [-0.2, -0.15) is 5.10 Å². The summed E-state index contributed by atoms with van der Waals surface area (Å²) in [7, 11) is 0. The molecule has 33 heavy (non-hydrogen) atoms. The number of nitrogens with two attached hydrogens (primary N) is 1. The van der Waals surface area contributed by atoms with E-state index < -0.39 is 0 Å². The van der Waals surface area contributed by atoms with Gasteiger partial charge in [-0.15, -0.1) is 0 Å². The Balaban J connectivity index is 0.000000243. The second-order valence-corrected chi connectivity index (χ2v) is 8.87. The molecule has 2 aliphatic rings. The van der Waals surface area contributed by atoms with Gasteiger partial charge in [-0.3, -0.25) is 14.5 Å². The van der Waals surface area contributed by atoms with Crippen LogP contribution >= 0.6 is 0 Å². The number of nitrogens with one attached hydrogen (secondary N) is 1. The topological polar surface area (TPSA) is 135 Å². The number of anilines is 1. The molecule has 10 nitrogen and oxygen atoms in total. The highest BCUT2D eigenvalue weighted by Crippen LogP contribution is 2.40. The number of carbonyl (C=O) groups is 2. The number of rotatable bonds is 4. The number of phenolic OH excluding ortho intramolecular Hbond substituents is 1. The summed E-state index contributed by atoms with van der Waals surface area (Å²) in [6, 6.07) is 5.01. The Morgan fingerprint density at radius 1 is 1.27 bits per heavy atom. The molecule has 0 aliphatic carbocycles. The number of likely N-dealkylation sites (tertiary alicyclic amines) is 1. The minimum absolute atomic E-state index is 0.0377. The van der Waals surface area contributed by atoms with E-state index in [0.717, 1.165) is 18.7 Å². The van der Waals surface area contributed by atoms with Gasteiger partial charge in [0.2, 0.25) is 5.91 Å². The molecule has 2 amide bonds. The van der Waals surface area contributed by atoms with E-state index >= 15 is 0 Å². The van der Waals surface area contributed by atoms with E-state index in [1.54, 1.807) is 24.5 Å². The van der Waals surface area contributed by atoms with Crippen LogP contribution in [0.25, 0.3) is 5.65 Å². The number of amides is 2. The standard InChI is InChI=1S/C17H16N4O3.C6H12N2O/c1-17(2)8-10-6-12(13(22)7-14(10)24-17)20-16(23)11-9-19-21-5-3-4-18-15(11)21;7-6(9)5-8-3-1-2-4-8/h3-7,9,22H,8H2,1-2H3,(H,20,23);1-5H2,(H2,7,9). The van der Waals surface area contributed by atoms with Crippen LogP contribution < -0.4 is 15.8 Å². The van der Waals surface area contributed by atoms with Gasteiger partial charge in [0, 0.05) is 30.4 Å². The van der Waals surface area contributed by atoms with Gasteiger partial charge in [0.15, 0.2) is 5.65 Å². The van der Waals surface area contributed by atoms with Crippen LogP contribution in [0.4, 0.5) is 5.69 Å². The third-order valence-electron chi connectivity index (χ3n) is 5.53. The highest BCUT2D eigenvalue weighted by Gasteiger charge is 2.31. The van der Waals surface area contributed by atoms with Gasteiger partial charge in [0.1, 0.15) is 22.7 Å². The molecule has 0 radical (unpaired) electrons. The smallest absolute Gasteiger partial charge is 0.261 e. The van der Waals surface area contributed by atoms with Crippen LogP contribution in [0.1, 0.15) is 42.6 Å². The summed E-state index contributed by atoms with van der Waals surface area (Å²) >= 11 is 0. The number of aromatic nitrogens is 3. The summed E-state index contributed by atoms with van der Waals surface area (Å²) in [5, 5.41) is 17.0. The molecule has 0 spiro atoms. The van der Waals surface area contributed by atoms with Crippen LogP contribution in [-0.4, -0.2) is 61.7 Å². The van der Waals surface area contributed by atoms with E-state index in [1.165, 1.54) is 29.6 Å². The number of hydrogen-bond acceptors (Lipinski definition) is 7. The summed E-state index contributed by atoms with van der Waals surface area (Å²) in [5.41, 5.74) is 6.77. The van der Waals surface area contributed by atoms with E-state index in [-0.39, 0.29) is 23.2 Å². The first-order valence-electron chi connectivity index (χ1n) is 10.9. The van der Waals surface area contributed by atoms with Gasteiger partial charge < -0.3 is 20.9 Å². The molecule has 174 valence electrons. The van der Waals surface area contributed by atoms with E-state index in [2.05, 4.69) is 20.3 Å². The Hall–Kier alpha value is -3.66. The monoisotopic (exact) mass is 452 g/mol. The van der Waals surface area contributed by atoms with E-state index in [9.17, 15) is 14.7 Å². The number of phenols is 1. The molecule has 10 heteroatoms. The zero-order chi connectivity index (χ0) is 23.6. The zero-order valence-electron chi connectivity index (χ0n) is 18.7. The number of ether oxygens (including phenoxy) is 1. The lowest BCUT2D eigenvalue weighted by Gasteiger charge is -2.16. The number of carbonyl (C=O) groups excluding carboxylic acids is 2. The Kier molecular flexibility index (Phi) is 6.19. The normalized spacial score (nSPS) is 16.5. The fourth-order valence-corrected chi connectivity index (χ4v) is 4.08. The number of primary amides is 1. The Labute approximate surface area is 191 Å². The number of aromatic hydroxyl groups is 1. The van der Waals surface area contributed by atoms with Crippen molar-refractivity contribution in [1.82, 2.24) is 19.5 Å². The van der Waals surface area contributed by atoms with Gasteiger partial charge in [-0.05, 0) is 51.9 Å². The molecule has 0 bridgehead atoms. The minimum atomic E-state index is -0.378. The summed E-state index contributed by atoms with van der Waals surface area (Å²) in [6.07, 6.45) is 7.91. The van der Waals surface area contributed by atoms with Crippen molar-refractivity contribution in [3.05, 3.63) is 47.9 Å². The maximum atomic E-state index is 12.5. The largest absolute Gasteiger partial charge is 0.506 e. The SMILES string of the molecule is CC1(C)Cc2cc(NC(=O)c3cnn4cccnc34)c(O)cc2O1.NC(=O)CN1CCCC1. The number of hydrogen-bond donors (Lipinski definition) is 3. The van der Waals surface area contributed by atoms with Crippen LogP contribution in [0.15, 0.2) is 36.8 Å². The average molecular weight is 453 g/mol. The van der Waals surface area contributed by atoms with Crippen LogP contribution in [-0.2, 0) is 11.2 Å². The molecular formula is C23H28N6O4. The minimum Gasteiger partial charge on any atom is -0.506 e. The lowest BCUT2D eigenvalue weighted by Crippen LogP contribution is -2.31. The Bertz CT molecular complexity index is 1180. The molecule has 1 fully saturated rings. The third kappa shape index (κ3) is 5.23. The van der Waals surface area contributed by atoms with Crippen molar-refractivity contribution in [2.45, 2.75) is 38.7 Å². The van der Waals surface area contributed by atoms with Gasteiger partial charge in [0.25, 0.3) is 5.91 Å². The first-order chi connectivity index (χ1) is 15.7. The quantitative estimate of drug-likeness (QED) is 0.515. The molecule has 0 unspecified atom stereocenters. The van der Waals surface area contributed by atoms with Crippen molar-refractivity contribution in [2.75, 3.05) is 25.0 Å². The molecule has 4 N–H and O–H groups in total. The highest BCUT2D eigenvalue weighted by molar-refractivity contribution is 6.08. The van der Waals surface area contributed by atoms with Crippen molar-refractivity contribution in [3.8, 4) is 11.5 Å². The summed E-state index contributed by atoms with van der Waals surface area (Å²) in [5.74, 6) is 0.0198. The van der Waals surface area contributed by atoms with Crippen molar-refractivity contribution >= 4 is 23.1 Å². The first-order valence-corrected chi connectivity index (χ1v) is 10.9. The fourth-order valence-electron chi connectivity index (χ4n) is 4.08. The van der Waals surface area contributed by atoms with Crippen LogP contribution in [0.3, 0.4) is 0 Å². The van der Waals surface area contributed by atoms with Gasteiger partial charge in [-0.1, -0.05) is 0 Å². The molecule has 0 atom stereocenters. The number of fused-ring (bicyclic) bond motifs is 2. The molecule has 5 rings (SSSR count). The fraction of sp³-hybridized carbons (Fsp3) is 0.391. The third-order valence-corrected chi connectivity index (χ3v) is 5.53. The lowest BCUT2D eigenvalue weighted by molar-refractivity contribution is -0.118. The van der Waals surface area contributed by atoms with E-state index in [0.29, 0.717) is 35.6 Å². The number of benzene rings is 1. The van der Waals surface area contributed by atoms with Gasteiger partial charge in [0.05, 0.1) is 18.4 Å². The van der Waals surface area contributed by atoms with Crippen LogP contribution in [0.2, 0.25) is 0 Å². The van der Waals surface area contributed by atoms with E-state index in [1.807, 2.05) is 13.8 Å². The maximum absolute atomic E-state index is 12.5. The summed E-state index contributed by atoms with van der Waals surface area (Å²) < 4.78 is 7.29. The molecule has 4 heterocycles. The van der Waals surface area contributed by atoms with Crippen LogP contribution in [0.5, 0.6) is 11.5 Å². The molecular weight excluding hydrogens is 424 g/mol. The van der Waals surface area contributed by atoms with Crippen molar-refractivity contribution in [3.63, 3.8) is 0 Å². The molecule has 2 aliphatic heterocycles. The van der Waals surface area contributed by atoms with Crippen molar-refractivity contribution < 1.29 is 19.4 Å². The predicted molar refractivity (Wildman–Crippen MR) is 122 cm³/mol. The highest BCUT2D eigenvalue weighted by atomic mass is 16.5. The maximum Gasteiger partial charge on any atom is 0.261 e. The van der Waals surface area contributed by atoms with Gasteiger partial charge in [-0.25, -0.2) is 9.50 Å². The summed E-state index contributed by atoms with van der Waals surface area (Å²) in [6.45, 7) is 6.49. The molecule has 0 saturated carbocycles. The zero-order valence-corrected chi connectivity index (χ0v) is 18.7. The predicted octanol–water partition coefficient (Wildman–Crippen LogP) is 1.97. The van der Waals surface area contributed by atoms with Crippen molar-refractivity contribution in [2.24, 2.45) is 5.73 Å². The van der Waals surface area contributed by atoms with E-state index in [4.69, 9.17) is 10.5 Å². The first kappa shape index (κ1) is 22.5. The Morgan fingerprint density at radius 2 is 2.03 bits per heavy atom. The second-order valence-electron chi connectivity index (χ2n) is 8.87. The van der Waals surface area contributed by atoms with Gasteiger partial charge >= 0.3 is 0 Å². The molecule has 2 aromatic heterocycles.